The fraction of sp³-hybridized carbons (Fsp3) is 0.438. The predicted molar refractivity (Wildman–Crippen MR) is 75.6 cm³/mol. The summed E-state index contributed by atoms with van der Waals surface area (Å²) in [4.78, 5) is 3.46. The number of hydrogen-bond acceptors (Lipinski definition) is 3. The fourth-order valence-electron chi connectivity index (χ4n) is 1.79. The van der Waals surface area contributed by atoms with Crippen molar-refractivity contribution in [1.82, 2.24) is 0 Å². The van der Waals surface area contributed by atoms with Crippen molar-refractivity contribution >= 4 is 0 Å². The first-order chi connectivity index (χ1) is 9.16. The van der Waals surface area contributed by atoms with Gasteiger partial charge in [-0.15, -0.1) is 0 Å². The Bertz CT molecular complexity index is 619. The lowest BCUT2D eigenvalue weighted by Gasteiger charge is -2.22. The molecule has 0 atom stereocenters. The van der Waals surface area contributed by atoms with E-state index in [1.54, 1.807) is 12.1 Å². The average Bonchev–Trinajstić information content (AvgIpc) is 2.58. The van der Waals surface area contributed by atoms with Crippen molar-refractivity contribution in [2.45, 2.75) is 40.2 Å². The molecule has 20 heavy (non-hydrogen) atoms. The summed E-state index contributed by atoms with van der Waals surface area (Å²) in [6, 6.07) is 3.56. The van der Waals surface area contributed by atoms with E-state index in [4.69, 9.17) is 21.8 Å². The predicted octanol–water partition coefficient (Wildman–Crippen LogP) is 3.87. The molecule has 0 aromatic heterocycles. The molecule has 0 aromatic carbocycles. The first kappa shape index (κ1) is 15.5. The number of nitriles is 2. The second-order valence-electron chi connectivity index (χ2n) is 6.11. The summed E-state index contributed by atoms with van der Waals surface area (Å²) in [6.45, 7) is 17.1. The van der Waals surface area contributed by atoms with Gasteiger partial charge < -0.3 is 4.74 Å². The van der Waals surface area contributed by atoms with Crippen LogP contribution in [0.25, 0.3) is 4.85 Å². The largest absolute Gasteiger partial charge is 0.493 e. The fourth-order valence-corrected chi connectivity index (χ4v) is 1.79. The molecule has 0 fully saturated rings. The summed E-state index contributed by atoms with van der Waals surface area (Å²) in [7, 11) is 0. The second-order valence-corrected chi connectivity index (χ2v) is 6.11. The van der Waals surface area contributed by atoms with Gasteiger partial charge in [0.15, 0.2) is 11.3 Å². The molecule has 0 N–H and O–H groups in total. The van der Waals surface area contributed by atoms with Gasteiger partial charge in [0, 0.05) is 5.57 Å². The highest BCUT2D eigenvalue weighted by Gasteiger charge is 2.38. The van der Waals surface area contributed by atoms with Crippen LogP contribution in [0.5, 0.6) is 0 Å². The molecule has 1 heterocycles. The zero-order valence-corrected chi connectivity index (χ0v) is 12.4. The highest BCUT2D eigenvalue weighted by Crippen LogP contribution is 2.41. The molecule has 0 bridgehead atoms. The van der Waals surface area contributed by atoms with Crippen LogP contribution in [0.15, 0.2) is 34.8 Å². The molecule has 4 nitrogen and oxygen atoms in total. The minimum absolute atomic E-state index is 0.0318. The maximum absolute atomic E-state index is 8.96. The van der Waals surface area contributed by atoms with Gasteiger partial charge in [0.05, 0.1) is 6.57 Å². The van der Waals surface area contributed by atoms with E-state index in [-0.39, 0.29) is 22.4 Å². The Morgan fingerprint density at radius 2 is 1.85 bits per heavy atom. The molecule has 0 saturated heterocycles. The Morgan fingerprint density at radius 1 is 1.30 bits per heavy atom. The van der Waals surface area contributed by atoms with Crippen molar-refractivity contribution in [3.05, 3.63) is 46.2 Å². The van der Waals surface area contributed by atoms with E-state index in [0.29, 0.717) is 5.57 Å². The van der Waals surface area contributed by atoms with Gasteiger partial charge in [0.1, 0.15) is 17.7 Å². The molecule has 0 spiro atoms. The average molecular weight is 267 g/mol. The van der Waals surface area contributed by atoms with Gasteiger partial charge >= 0.3 is 0 Å². The molecule has 0 aromatic rings. The van der Waals surface area contributed by atoms with E-state index in [2.05, 4.69) is 25.6 Å². The van der Waals surface area contributed by atoms with Gasteiger partial charge in [-0.2, -0.15) is 10.5 Å². The van der Waals surface area contributed by atoms with Crippen molar-refractivity contribution < 1.29 is 4.74 Å². The lowest BCUT2D eigenvalue weighted by molar-refractivity contribution is 0.0952. The lowest BCUT2D eigenvalue weighted by Crippen LogP contribution is -2.21. The quantitative estimate of drug-likeness (QED) is 0.535. The first-order valence-corrected chi connectivity index (χ1v) is 6.21. The third kappa shape index (κ3) is 3.08. The van der Waals surface area contributed by atoms with Crippen molar-refractivity contribution in [1.29, 1.82) is 10.5 Å². The SMILES string of the molecule is [C-]#[N+]C1=C(/C=C/C(C)(C)C)C(C)(C)OC1=C(C#N)C#N. The van der Waals surface area contributed by atoms with E-state index in [1.807, 2.05) is 26.0 Å². The number of nitrogens with zero attached hydrogens (tertiary/aromatic N) is 3. The van der Waals surface area contributed by atoms with Crippen LogP contribution in [0.2, 0.25) is 0 Å². The molecular formula is C16H17N3O. The Hall–Kier alpha value is -2.51. The van der Waals surface area contributed by atoms with E-state index in [9.17, 15) is 0 Å². The van der Waals surface area contributed by atoms with E-state index in [0.717, 1.165) is 0 Å². The Balaban J connectivity index is 3.52. The number of allylic oxidation sites excluding steroid dienone is 2. The zero-order valence-electron chi connectivity index (χ0n) is 12.4. The summed E-state index contributed by atoms with van der Waals surface area (Å²) >= 11 is 0. The maximum atomic E-state index is 8.96. The maximum Gasteiger partial charge on any atom is 0.237 e. The molecule has 1 aliphatic heterocycles. The van der Waals surface area contributed by atoms with E-state index in [1.165, 1.54) is 0 Å². The van der Waals surface area contributed by atoms with Crippen LogP contribution in [0.3, 0.4) is 0 Å². The third-order valence-electron chi connectivity index (χ3n) is 2.79. The van der Waals surface area contributed by atoms with Crippen LogP contribution >= 0.6 is 0 Å². The lowest BCUT2D eigenvalue weighted by atomic mass is 9.91. The van der Waals surface area contributed by atoms with Crippen LogP contribution in [0.1, 0.15) is 34.6 Å². The van der Waals surface area contributed by atoms with E-state index >= 15 is 0 Å². The molecule has 0 aliphatic carbocycles. The summed E-state index contributed by atoms with van der Waals surface area (Å²) in [5.41, 5.74) is 0.0172. The molecule has 4 heteroatoms. The molecule has 0 unspecified atom stereocenters. The monoisotopic (exact) mass is 267 g/mol. The third-order valence-corrected chi connectivity index (χ3v) is 2.79. The second kappa shape index (κ2) is 5.24. The highest BCUT2D eigenvalue weighted by molar-refractivity contribution is 5.57. The van der Waals surface area contributed by atoms with Crippen LogP contribution in [-0.2, 0) is 4.74 Å². The normalized spacial score (nSPS) is 17.4. The molecule has 1 rings (SSSR count). The molecule has 0 saturated carbocycles. The zero-order chi connectivity index (χ0) is 15.6. The molecule has 0 radical (unpaired) electrons. The molecule has 1 aliphatic rings. The highest BCUT2D eigenvalue weighted by atomic mass is 16.5. The molecule has 0 amide bonds. The summed E-state index contributed by atoms with van der Waals surface area (Å²) in [5, 5.41) is 17.9. The molecular weight excluding hydrogens is 250 g/mol. The number of hydrogen-bond donors (Lipinski definition) is 0. The van der Waals surface area contributed by atoms with Crippen LogP contribution in [0, 0.1) is 34.6 Å². The number of rotatable bonds is 1. The topological polar surface area (TPSA) is 61.2 Å². The Labute approximate surface area is 120 Å². The van der Waals surface area contributed by atoms with Crippen molar-refractivity contribution in [3.8, 4) is 12.1 Å². The van der Waals surface area contributed by atoms with E-state index < -0.39 is 5.60 Å². The Morgan fingerprint density at radius 3 is 2.25 bits per heavy atom. The smallest absolute Gasteiger partial charge is 0.237 e. The molecule has 102 valence electrons. The standard InChI is InChI=1S/C16H17N3O/c1-15(2,3)8-7-12-13(19-6)14(11(9-17)10-18)20-16(12,4)5/h7-8H,1-5H3/b8-7+. The Kier molecular flexibility index (Phi) is 4.07. The van der Waals surface area contributed by atoms with Gasteiger partial charge in [-0.1, -0.05) is 32.9 Å². The minimum atomic E-state index is -0.726. The van der Waals surface area contributed by atoms with Crippen LogP contribution in [0.4, 0.5) is 0 Å². The summed E-state index contributed by atoms with van der Waals surface area (Å²) in [5.74, 6) is 0.0866. The summed E-state index contributed by atoms with van der Waals surface area (Å²) < 4.78 is 5.67. The van der Waals surface area contributed by atoms with Crippen LogP contribution < -0.4 is 0 Å². The van der Waals surface area contributed by atoms with Gasteiger partial charge in [-0.05, 0) is 19.3 Å². The minimum Gasteiger partial charge on any atom is -0.493 e. The van der Waals surface area contributed by atoms with Crippen molar-refractivity contribution in [2.75, 3.05) is 0 Å². The summed E-state index contributed by atoms with van der Waals surface area (Å²) in [6.07, 6.45) is 3.84. The van der Waals surface area contributed by atoms with Crippen LogP contribution in [-0.4, -0.2) is 5.60 Å². The van der Waals surface area contributed by atoms with Crippen molar-refractivity contribution in [2.24, 2.45) is 5.41 Å². The van der Waals surface area contributed by atoms with Crippen molar-refractivity contribution in [3.63, 3.8) is 0 Å². The van der Waals surface area contributed by atoms with Gasteiger partial charge in [-0.3, -0.25) is 0 Å². The first-order valence-electron chi connectivity index (χ1n) is 6.21. The van der Waals surface area contributed by atoms with Gasteiger partial charge in [0.25, 0.3) is 0 Å². The van der Waals surface area contributed by atoms with Gasteiger partial charge in [-0.25, -0.2) is 4.85 Å². The number of ether oxygens (including phenoxy) is 1. The van der Waals surface area contributed by atoms with Gasteiger partial charge in [0.2, 0.25) is 5.70 Å².